The highest BCUT2D eigenvalue weighted by molar-refractivity contribution is 6.39. The fourth-order valence-corrected chi connectivity index (χ4v) is 4.05. The van der Waals surface area contributed by atoms with E-state index in [2.05, 4.69) is 0 Å². The van der Waals surface area contributed by atoms with Crippen molar-refractivity contribution in [2.75, 3.05) is 32.9 Å². The first-order valence-corrected chi connectivity index (χ1v) is 11.9. The van der Waals surface area contributed by atoms with Crippen LogP contribution in [0.4, 0.5) is 0 Å². The number of hydrogen-bond donors (Lipinski definition) is 0. The highest BCUT2D eigenvalue weighted by Crippen LogP contribution is 2.32. The molecular formula is C26H28B2ClNO4. The first-order valence-electron chi connectivity index (χ1n) is 11.5. The van der Waals surface area contributed by atoms with Gasteiger partial charge in [0, 0.05) is 18.7 Å². The fraction of sp³-hybridized carbons (Fsp3) is 0.269. The number of carbonyl (C=O) groups is 1. The second-order valence-corrected chi connectivity index (χ2v) is 9.37. The molecule has 1 amide bonds. The molecule has 0 radical (unpaired) electrons. The quantitative estimate of drug-likeness (QED) is 0.470. The van der Waals surface area contributed by atoms with Crippen LogP contribution >= 0.6 is 11.6 Å². The lowest BCUT2D eigenvalue weighted by Gasteiger charge is -2.27. The zero-order valence-corrected chi connectivity index (χ0v) is 20.4. The molecule has 1 heterocycles. The monoisotopic (exact) mass is 475 g/mol. The van der Waals surface area contributed by atoms with Crippen LogP contribution in [0, 0.1) is 0 Å². The molecule has 0 N–H and O–H groups in total. The van der Waals surface area contributed by atoms with Crippen LogP contribution in [0.1, 0.15) is 15.9 Å². The van der Waals surface area contributed by atoms with Gasteiger partial charge >= 0.3 is 0 Å². The van der Waals surface area contributed by atoms with E-state index in [1.807, 2.05) is 93.4 Å². The van der Waals surface area contributed by atoms with Crippen molar-refractivity contribution in [1.29, 1.82) is 0 Å². The van der Waals surface area contributed by atoms with E-state index in [9.17, 15) is 4.79 Å². The van der Waals surface area contributed by atoms with Crippen molar-refractivity contribution in [3.05, 3.63) is 88.9 Å². The van der Waals surface area contributed by atoms with E-state index >= 15 is 0 Å². The Hall–Kier alpha value is -2.73. The number of benzene rings is 3. The Kier molecular flexibility index (Phi) is 7.99. The van der Waals surface area contributed by atoms with E-state index in [1.54, 1.807) is 0 Å². The van der Waals surface area contributed by atoms with E-state index < -0.39 is 5.40 Å². The van der Waals surface area contributed by atoms with Gasteiger partial charge < -0.3 is 19.1 Å². The highest BCUT2D eigenvalue weighted by Gasteiger charge is 2.22. The van der Waals surface area contributed by atoms with Crippen LogP contribution in [-0.2, 0) is 16.1 Å². The first kappa shape index (κ1) is 24.4. The lowest BCUT2D eigenvalue weighted by atomic mass is 9.65. The Morgan fingerprint density at radius 3 is 2.32 bits per heavy atom. The van der Waals surface area contributed by atoms with Gasteiger partial charge in [-0.3, -0.25) is 4.79 Å². The molecule has 3 aromatic carbocycles. The molecule has 0 spiro atoms. The van der Waals surface area contributed by atoms with Gasteiger partial charge in [-0.05, 0) is 41.0 Å². The van der Waals surface area contributed by atoms with Gasteiger partial charge in [0.25, 0.3) is 5.91 Å². The minimum absolute atomic E-state index is 0.0355. The van der Waals surface area contributed by atoms with Crippen LogP contribution < -0.4 is 4.74 Å². The summed E-state index contributed by atoms with van der Waals surface area (Å²) in [6.07, 6.45) is 0. The van der Waals surface area contributed by atoms with Gasteiger partial charge in [-0.15, -0.1) is 0 Å². The van der Waals surface area contributed by atoms with Gasteiger partial charge in [-0.1, -0.05) is 60.1 Å². The summed E-state index contributed by atoms with van der Waals surface area (Å²) in [7, 11) is 3.96. The molecule has 1 aliphatic rings. The summed E-state index contributed by atoms with van der Waals surface area (Å²) < 4.78 is 17.3. The zero-order valence-electron chi connectivity index (χ0n) is 19.6. The summed E-state index contributed by atoms with van der Waals surface area (Å²) in [5.41, 5.74) is 3.74. The SMILES string of the molecule is BC(B)(COCc1ccccc1)Oc1ccc(-c2ccc(C(=O)N3CCOCC3)cc2)cc1Cl. The Bertz CT molecular complexity index is 1100. The molecular weight excluding hydrogens is 447 g/mol. The molecule has 34 heavy (non-hydrogen) atoms. The Morgan fingerprint density at radius 2 is 1.65 bits per heavy atom. The summed E-state index contributed by atoms with van der Waals surface area (Å²) in [5.74, 6) is 0.645. The van der Waals surface area contributed by atoms with Gasteiger partial charge in [-0.2, -0.15) is 0 Å². The predicted molar refractivity (Wildman–Crippen MR) is 140 cm³/mol. The van der Waals surface area contributed by atoms with Crippen molar-refractivity contribution in [2.45, 2.75) is 12.0 Å². The molecule has 0 aliphatic carbocycles. The molecule has 8 heteroatoms. The second-order valence-electron chi connectivity index (χ2n) is 8.97. The van der Waals surface area contributed by atoms with Crippen molar-refractivity contribution >= 4 is 33.2 Å². The maximum Gasteiger partial charge on any atom is 0.254 e. The largest absolute Gasteiger partial charge is 0.502 e. The lowest BCUT2D eigenvalue weighted by Crippen LogP contribution is -2.42. The molecule has 5 nitrogen and oxygen atoms in total. The van der Waals surface area contributed by atoms with E-state index in [0.29, 0.717) is 55.9 Å². The standard InChI is InChI=1S/C26H28B2ClNO4/c27-26(28,18-33-17-19-4-2-1-3-5-19)34-24-11-10-22(16-23(24)29)20-6-8-21(9-7-20)25(31)30-12-14-32-15-13-30/h1-11,16H,12-15,17-18,27-28H2. The summed E-state index contributed by atoms with van der Waals surface area (Å²) in [4.78, 5) is 14.5. The lowest BCUT2D eigenvalue weighted by molar-refractivity contribution is 0.0303. The molecule has 0 bridgehead atoms. The average Bonchev–Trinajstić information content (AvgIpc) is 2.86. The van der Waals surface area contributed by atoms with Crippen LogP contribution in [0.2, 0.25) is 5.02 Å². The topological polar surface area (TPSA) is 48.0 Å². The van der Waals surface area contributed by atoms with Gasteiger partial charge in [0.05, 0.1) is 36.8 Å². The molecule has 4 rings (SSSR count). The van der Waals surface area contributed by atoms with Crippen molar-refractivity contribution in [3.8, 4) is 16.9 Å². The van der Waals surface area contributed by atoms with Gasteiger partial charge in [-0.25, -0.2) is 0 Å². The fourth-order valence-electron chi connectivity index (χ4n) is 3.83. The Labute approximate surface area is 207 Å². The highest BCUT2D eigenvalue weighted by atomic mass is 35.5. The molecule has 1 saturated heterocycles. The minimum atomic E-state index is -0.540. The van der Waals surface area contributed by atoms with E-state index in [0.717, 1.165) is 16.7 Å². The number of ether oxygens (including phenoxy) is 3. The summed E-state index contributed by atoms with van der Waals surface area (Å²) >= 11 is 6.56. The normalized spacial score (nSPS) is 14.1. The van der Waals surface area contributed by atoms with Crippen molar-refractivity contribution in [1.82, 2.24) is 4.90 Å². The summed E-state index contributed by atoms with van der Waals surface area (Å²) in [6, 6.07) is 23.4. The number of rotatable bonds is 8. The number of halogens is 1. The predicted octanol–water partition coefficient (Wildman–Crippen LogP) is 3.00. The third-order valence-corrected chi connectivity index (χ3v) is 5.94. The zero-order chi connectivity index (χ0) is 24.0. The van der Waals surface area contributed by atoms with Crippen molar-refractivity contribution in [3.63, 3.8) is 0 Å². The molecule has 1 aliphatic heterocycles. The Balaban J connectivity index is 1.37. The van der Waals surface area contributed by atoms with Gasteiger partial charge in [0.2, 0.25) is 0 Å². The maximum atomic E-state index is 12.7. The van der Waals surface area contributed by atoms with Crippen LogP contribution in [0.5, 0.6) is 5.75 Å². The number of nitrogens with zero attached hydrogens (tertiary/aromatic N) is 1. The third kappa shape index (κ3) is 6.44. The molecule has 0 saturated carbocycles. The summed E-state index contributed by atoms with van der Waals surface area (Å²) in [5, 5.41) is -0.0105. The van der Waals surface area contributed by atoms with Crippen LogP contribution in [-0.4, -0.2) is 64.8 Å². The average molecular weight is 476 g/mol. The minimum Gasteiger partial charge on any atom is -0.502 e. The number of amides is 1. The second kappa shape index (κ2) is 11.1. The molecule has 1 fully saturated rings. The van der Waals surface area contributed by atoms with Crippen molar-refractivity contribution < 1.29 is 19.0 Å². The molecule has 0 aromatic heterocycles. The molecule has 0 atom stereocenters. The van der Waals surface area contributed by atoms with Crippen LogP contribution in [0.3, 0.4) is 0 Å². The molecule has 3 aromatic rings. The smallest absolute Gasteiger partial charge is 0.254 e. The molecule has 174 valence electrons. The number of carbonyl (C=O) groups excluding carboxylic acids is 1. The van der Waals surface area contributed by atoms with Crippen LogP contribution in [0.15, 0.2) is 72.8 Å². The third-order valence-electron chi connectivity index (χ3n) is 5.64. The summed E-state index contributed by atoms with van der Waals surface area (Å²) in [6.45, 7) is 3.40. The van der Waals surface area contributed by atoms with Crippen LogP contribution in [0.25, 0.3) is 11.1 Å². The van der Waals surface area contributed by atoms with Crippen molar-refractivity contribution in [2.24, 2.45) is 0 Å². The van der Waals surface area contributed by atoms with E-state index in [1.165, 1.54) is 0 Å². The van der Waals surface area contributed by atoms with Gasteiger partial charge in [0.15, 0.2) is 0 Å². The van der Waals surface area contributed by atoms with E-state index in [4.69, 9.17) is 25.8 Å². The first-order chi connectivity index (χ1) is 16.4. The van der Waals surface area contributed by atoms with Gasteiger partial charge in [0.1, 0.15) is 21.4 Å². The number of hydrogen-bond acceptors (Lipinski definition) is 4. The maximum absolute atomic E-state index is 12.7. The number of morpholine rings is 1. The molecule has 0 unspecified atom stereocenters. The Morgan fingerprint density at radius 1 is 0.971 bits per heavy atom. The van der Waals surface area contributed by atoms with E-state index in [-0.39, 0.29) is 5.91 Å².